The van der Waals surface area contributed by atoms with E-state index in [1.54, 1.807) is 36.8 Å². The number of aromatic nitrogens is 2. The molecule has 194 valence electrons. The zero-order valence-electron chi connectivity index (χ0n) is 20.4. The van der Waals surface area contributed by atoms with Crippen LogP contribution in [0.4, 0.5) is 11.4 Å². The van der Waals surface area contributed by atoms with Gasteiger partial charge in [0.1, 0.15) is 11.9 Å². The minimum atomic E-state index is -3.68. The molecule has 0 aliphatic carbocycles. The second-order valence-corrected chi connectivity index (χ2v) is 11.0. The average molecular weight is 548 g/mol. The van der Waals surface area contributed by atoms with Crippen molar-refractivity contribution < 1.29 is 17.8 Å². The first-order chi connectivity index (χ1) is 18.3. The van der Waals surface area contributed by atoms with Crippen LogP contribution in [0.15, 0.2) is 96.9 Å². The Kier molecular flexibility index (Phi) is 8.41. The van der Waals surface area contributed by atoms with Gasteiger partial charge in [0.2, 0.25) is 10.0 Å². The van der Waals surface area contributed by atoms with Gasteiger partial charge in [-0.15, -0.1) is 0 Å². The topological polar surface area (TPSA) is 139 Å². The molecule has 1 unspecified atom stereocenters. The highest BCUT2D eigenvalue weighted by molar-refractivity contribution is 7.92. The van der Waals surface area contributed by atoms with Crippen molar-refractivity contribution in [1.82, 2.24) is 9.97 Å². The van der Waals surface area contributed by atoms with Gasteiger partial charge in [-0.25, -0.2) is 18.1 Å². The van der Waals surface area contributed by atoms with E-state index in [0.717, 1.165) is 11.1 Å². The molecule has 3 N–H and O–H groups in total. The molecule has 0 fully saturated rings. The number of hydrogen-bond donors (Lipinski definition) is 3. The summed E-state index contributed by atoms with van der Waals surface area (Å²) in [7, 11) is -3.68. The third kappa shape index (κ3) is 6.76. The van der Waals surface area contributed by atoms with Crippen molar-refractivity contribution in [3.05, 3.63) is 103 Å². The summed E-state index contributed by atoms with van der Waals surface area (Å²) in [6.45, 7) is 3.44. The van der Waals surface area contributed by atoms with Crippen LogP contribution in [0, 0.1) is 0 Å². The van der Waals surface area contributed by atoms with E-state index >= 15 is 0 Å². The van der Waals surface area contributed by atoms with Gasteiger partial charge in [0.05, 0.1) is 22.8 Å². The molecule has 0 amide bonds. The number of fused-ring (bicyclic) bond motifs is 1. The van der Waals surface area contributed by atoms with E-state index in [9.17, 15) is 17.8 Å². The number of aliphatic imine (C=N–C) groups is 1. The molecule has 1 atom stereocenters. The predicted octanol–water partition coefficient (Wildman–Crippen LogP) is 4.68. The molecule has 0 saturated carbocycles. The summed E-state index contributed by atoms with van der Waals surface area (Å²) in [5.41, 5.74) is 3.88. The SMILES string of the molecule is C=C/N=C\C=C/CS(=O)(=O)Nc1cccc(C(=O)c2c[nH]c3ncc(-c4cccc(N[S+](C)[O-])c4)cc23)c1. The number of sulfonamides is 1. The zero-order chi connectivity index (χ0) is 27.1. The van der Waals surface area contributed by atoms with Gasteiger partial charge in [0.15, 0.2) is 5.78 Å². The number of rotatable bonds is 11. The van der Waals surface area contributed by atoms with Gasteiger partial charge in [-0.3, -0.25) is 14.5 Å². The minimum Gasteiger partial charge on any atom is -0.593 e. The summed E-state index contributed by atoms with van der Waals surface area (Å²) in [5.74, 6) is -0.538. The molecule has 11 heteroatoms. The van der Waals surface area contributed by atoms with Crippen LogP contribution in [0.25, 0.3) is 22.2 Å². The third-order valence-electron chi connectivity index (χ3n) is 5.36. The van der Waals surface area contributed by atoms with Crippen LogP contribution in [0.3, 0.4) is 0 Å². The summed E-state index contributed by atoms with van der Waals surface area (Å²) in [5, 5.41) is 0.627. The highest BCUT2D eigenvalue weighted by Gasteiger charge is 2.17. The van der Waals surface area contributed by atoms with Crippen LogP contribution in [-0.4, -0.2) is 46.9 Å². The molecular weight excluding hydrogens is 522 g/mol. The quantitative estimate of drug-likeness (QED) is 0.142. The number of carbonyl (C=O) groups is 1. The number of ketones is 1. The number of pyridine rings is 1. The van der Waals surface area contributed by atoms with E-state index in [4.69, 9.17) is 0 Å². The van der Waals surface area contributed by atoms with Gasteiger partial charge in [-0.2, -0.15) is 0 Å². The van der Waals surface area contributed by atoms with E-state index in [0.29, 0.717) is 27.8 Å². The maximum absolute atomic E-state index is 13.4. The molecular formula is C27H25N5O4S2. The fourth-order valence-corrected chi connectivity index (χ4v) is 5.12. The van der Waals surface area contributed by atoms with E-state index in [2.05, 4.69) is 31.0 Å². The van der Waals surface area contributed by atoms with Gasteiger partial charge in [0.25, 0.3) is 0 Å². The standard InChI is InChI=1S/C27H25N5O4S2/c1-3-28-12-4-5-13-38(35,36)32-23-11-7-9-20(15-23)26(33)25-18-30-27-24(25)16-21(17-29-27)19-8-6-10-22(14-19)31-37(2)34/h3-12,14-18,31-32H,1,13H2,2H3,(H,29,30)/b5-4-,28-12-. The first-order valence-corrected chi connectivity index (χ1v) is 14.6. The first kappa shape index (κ1) is 26.9. The smallest absolute Gasteiger partial charge is 0.236 e. The molecule has 0 aliphatic heterocycles. The molecule has 2 aromatic carbocycles. The van der Waals surface area contributed by atoms with Crippen LogP contribution in [0.5, 0.6) is 0 Å². The lowest BCUT2D eigenvalue weighted by Gasteiger charge is -2.09. The van der Waals surface area contributed by atoms with Crippen molar-refractivity contribution in [2.45, 2.75) is 0 Å². The van der Waals surface area contributed by atoms with Gasteiger partial charge in [-0.05, 0) is 42.0 Å². The summed E-state index contributed by atoms with van der Waals surface area (Å²) in [6, 6.07) is 15.6. The Labute approximate surface area is 223 Å². The zero-order valence-corrected chi connectivity index (χ0v) is 22.1. The molecule has 4 aromatic rings. The Morgan fingerprint density at radius 2 is 1.95 bits per heavy atom. The number of carbonyl (C=O) groups excluding carboxylic acids is 1. The maximum atomic E-state index is 13.4. The summed E-state index contributed by atoms with van der Waals surface area (Å²) >= 11 is -1.21. The summed E-state index contributed by atoms with van der Waals surface area (Å²) < 4.78 is 41.7. The molecule has 38 heavy (non-hydrogen) atoms. The molecule has 2 aromatic heterocycles. The number of hydrogen-bond acceptors (Lipinski definition) is 7. The third-order valence-corrected chi connectivity index (χ3v) is 7.06. The number of aromatic amines is 1. The lowest BCUT2D eigenvalue weighted by molar-refractivity contribution is 0.104. The van der Waals surface area contributed by atoms with Crippen molar-refractivity contribution in [2.24, 2.45) is 4.99 Å². The van der Waals surface area contributed by atoms with E-state index in [1.807, 2.05) is 30.3 Å². The van der Waals surface area contributed by atoms with Gasteiger partial charge in [0, 0.05) is 52.6 Å². The molecule has 0 aliphatic rings. The monoisotopic (exact) mass is 547 g/mol. The molecule has 0 radical (unpaired) electrons. The Bertz CT molecular complexity index is 1640. The van der Waals surface area contributed by atoms with Crippen molar-refractivity contribution in [3.8, 4) is 11.1 Å². The second-order valence-electron chi connectivity index (χ2n) is 8.16. The number of allylic oxidation sites excluding steroid dienone is 1. The largest absolute Gasteiger partial charge is 0.593 e. The molecule has 9 nitrogen and oxygen atoms in total. The Morgan fingerprint density at radius 3 is 2.74 bits per heavy atom. The number of nitrogens with one attached hydrogen (secondary N) is 3. The average Bonchev–Trinajstić information content (AvgIpc) is 3.31. The normalized spacial score (nSPS) is 12.7. The Hall–Kier alpha value is -4.19. The Morgan fingerprint density at radius 1 is 1.16 bits per heavy atom. The fraction of sp³-hybridized carbons (Fsp3) is 0.0741. The van der Waals surface area contributed by atoms with Crippen LogP contribution >= 0.6 is 0 Å². The molecule has 0 spiro atoms. The van der Waals surface area contributed by atoms with Crippen LogP contribution in [0.1, 0.15) is 15.9 Å². The highest BCUT2D eigenvalue weighted by atomic mass is 32.2. The van der Waals surface area contributed by atoms with Gasteiger partial charge >= 0.3 is 0 Å². The van der Waals surface area contributed by atoms with Crippen molar-refractivity contribution >= 4 is 55.8 Å². The highest BCUT2D eigenvalue weighted by Crippen LogP contribution is 2.28. The number of nitrogens with zero attached hydrogens (tertiary/aromatic N) is 2. The fourth-order valence-electron chi connectivity index (χ4n) is 3.73. The minimum absolute atomic E-state index is 0.254. The second kappa shape index (κ2) is 11.9. The van der Waals surface area contributed by atoms with Crippen molar-refractivity contribution in [2.75, 3.05) is 21.5 Å². The first-order valence-electron chi connectivity index (χ1n) is 11.4. The maximum Gasteiger partial charge on any atom is 0.236 e. The number of H-pyrrole nitrogens is 1. The summed E-state index contributed by atoms with van der Waals surface area (Å²) in [6.07, 6.45) is 10.6. The van der Waals surface area contributed by atoms with E-state index in [-0.39, 0.29) is 17.2 Å². The molecule has 0 saturated heterocycles. The van der Waals surface area contributed by atoms with Crippen molar-refractivity contribution in [1.29, 1.82) is 0 Å². The van der Waals surface area contributed by atoms with Crippen LogP contribution in [-0.2, 0) is 21.4 Å². The summed E-state index contributed by atoms with van der Waals surface area (Å²) in [4.78, 5) is 24.7. The number of anilines is 2. The molecule has 0 bridgehead atoms. The van der Waals surface area contributed by atoms with Crippen LogP contribution in [0.2, 0.25) is 0 Å². The molecule has 4 rings (SSSR count). The number of benzene rings is 2. The van der Waals surface area contributed by atoms with E-state index < -0.39 is 21.4 Å². The Balaban J connectivity index is 1.58. The molecule has 2 heterocycles. The lowest BCUT2D eigenvalue weighted by atomic mass is 10.0. The van der Waals surface area contributed by atoms with E-state index in [1.165, 1.54) is 30.6 Å². The lowest BCUT2D eigenvalue weighted by Crippen LogP contribution is -2.15. The van der Waals surface area contributed by atoms with Gasteiger partial charge < -0.3 is 9.54 Å². The van der Waals surface area contributed by atoms with Crippen LogP contribution < -0.4 is 9.44 Å². The predicted molar refractivity (Wildman–Crippen MR) is 154 cm³/mol. The van der Waals surface area contributed by atoms with Gasteiger partial charge in [-0.1, -0.05) is 36.9 Å². The van der Waals surface area contributed by atoms with Crippen molar-refractivity contribution in [3.63, 3.8) is 0 Å².